The molecule has 0 saturated carbocycles. The summed E-state index contributed by atoms with van der Waals surface area (Å²) in [5, 5.41) is 3.27. The maximum Gasteiger partial charge on any atom is 0.407 e. The third-order valence-electron chi connectivity index (χ3n) is 1.82. The summed E-state index contributed by atoms with van der Waals surface area (Å²) in [5.74, 6) is 0.102. The minimum atomic E-state index is -0.523. The third kappa shape index (κ3) is 5.08. The largest absolute Gasteiger partial charge is 0.444 e. The summed E-state index contributed by atoms with van der Waals surface area (Å²) in [6, 6.07) is -0.476. The highest BCUT2D eigenvalue weighted by molar-refractivity contribution is 8.14. The summed E-state index contributed by atoms with van der Waals surface area (Å²) in [4.78, 5) is 26.3. The van der Waals surface area contributed by atoms with E-state index in [1.807, 2.05) is 0 Å². The molecule has 0 saturated heterocycles. The zero-order chi connectivity index (χ0) is 13.1. The number of rotatable bonds is 3. The minimum absolute atomic E-state index is 0.267. The molecule has 96 valence electrons. The fourth-order valence-electron chi connectivity index (χ4n) is 1.13. The van der Waals surface area contributed by atoms with Crippen LogP contribution in [0.3, 0.4) is 0 Å². The molecule has 1 aliphatic heterocycles. The predicted octanol–water partition coefficient (Wildman–Crippen LogP) is 0.510. The van der Waals surface area contributed by atoms with Crippen molar-refractivity contribution in [2.75, 3.05) is 12.3 Å². The zero-order valence-corrected chi connectivity index (χ0v) is 11.0. The standard InChI is InChI=1S/C10H17N3O3S/c1-10(2,3)16-9(15)12-4-7-13-6(5-17-7)8(11)14/h6H,4-5H2,1-3H3,(H2,11,14)(H,12,15)/t6-/m0/s1. The maximum absolute atomic E-state index is 11.3. The van der Waals surface area contributed by atoms with Gasteiger partial charge in [0.25, 0.3) is 0 Å². The third-order valence-corrected chi connectivity index (χ3v) is 2.88. The Balaban J connectivity index is 2.35. The number of alkyl carbamates (subject to hydrolysis) is 1. The molecular formula is C10H17N3O3S. The Morgan fingerprint density at radius 3 is 2.71 bits per heavy atom. The average Bonchev–Trinajstić information content (AvgIpc) is 2.60. The number of amides is 2. The normalized spacial score (nSPS) is 19.7. The highest BCUT2D eigenvalue weighted by Gasteiger charge is 2.23. The Morgan fingerprint density at radius 2 is 2.24 bits per heavy atom. The summed E-state index contributed by atoms with van der Waals surface area (Å²) >= 11 is 1.42. The van der Waals surface area contributed by atoms with E-state index in [0.29, 0.717) is 10.8 Å². The molecule has 0 unspecified atom stereocenters. The second kappa shape index (κ2) is 5.39. The van der Waals surface area contributed by atoms with E-state index in [4.69, 9.17) is 10.5 Å². The first kappa shape index (κ1) is 13.8. The number of thioether (sulfide) groups is 1. The van der Waals surface area contributed by atoms with Crippen LogP contribution in [0.4, 0.5) is 4.79 Å². The lowest BCUT2D eigenvalue weighted by molar-refractivity contribution is -0.118. The average molecular weight is 259 g/mol. The van der Waals surface area contributed by atoms with Gasteiger partial charge >= 0.3 is 6.09 Å². The van der Waals surface area contributed by atoms with Gasteiger partial charge in [-0.2, -0.15) is 0 Å². The van der Waals surface area contributed by atoms with Crippen LogP contribution in [-0.2, 0) is 9.53 Å². The Bertz CT molecular complexity index is 349. The number of nitrogens with two attached hydrogens (primary N) is 1. The SMILES string of the molecule is CC(C)(C)OC(=O)NCC1=N[C@H](C(N)=O)CS1. The van der Waals surface area contributed by atoms with E-state index in [0.717, 1.165) is 0 Å². The van der Waals surface area contributed by atoms with E-state index in [1.165, 1.54) is 11.8 Å². The molecule has 1 heterocycles. The molecule has 1 aliphatic rings. The molecule has 7 heteroatoms. The van der Waals surface area contributed by atoms with Crippen LogP contribution in [-0.4, -0.2) is 41.0 Å². The molecule has 0 fully saturated rings. The highest BCUT2D eigenvalue weighted by Crippen LogP contribution is 2.17. The smallest absolute Gasteiger partial charge is 0.407 e. The number of nitrogens with zero attached hydrogens (tertiary/aromatic N) is 1. The molecular weight excluding hydrogens is 242 g/mol. The van der Waals surface area contributed by atoms with E-state index in [9.17, 15) is 9.59 Å². The second-order valence-corrected chi connectivity index (χ2v) is 5.70. The van der Waals surface area contributed by atoms with E-state index in [2.05, 4.69) is 10.3 Å². The van der Waals surface area contributed by atoms with Gasteiger partial charge in [-0.15, -0.1) is 11.8 Å². The number of hydrogen-bond donors (Lipinski definition) is 2. The molecule has 0 spiro atoms. The molecule has 0 aromatic carbocycles. The summed E-state index contributed by atoms with van der Waals surface area (Å²) in [6.45, 7) is 5.63. The molecule has 0 aromatic rings. The predicted molar refractivity (Wildman–Crippen MR) is 67.1 cm³/mol. The van der Waals surface area contributed by atoms with Crippen LogP contribution < -0.4 is 11.1 Å². The first-order chi connectivity index (χ1) is 7.78. The molecule has 17 heavy (non-hydrogen) atoms. The van der Waals surface area contributed by atoms with Gasteiger partial charge in [-0.05, 0) is 20.8 Å². The number of nitrogens with one attached hydrogen (secondary N) is 1. The lowest BCUT2D eigenvalue weighted by atomic mass is 10.2. The number of ether oxygens (including phenoxy) is 1. The maximum atomic E-state index is 11.3. The summed E-state index contributed by atoms with van der Waals surface area (Å²) in [7, 11) is 0. The topological polar surface area (TPSA) is 93.8 Å². The molecule has 1 rings (SSSR count). The summed E-state index contributed by atoms with van der Waals surface area (Å²) in [5.41, 5.74) is 4.60. The van der Waals surface area contributed by atoms with Gasteiger partial charge in [0.1, 0.15) is 11.6 Å². The number of hydrogen-bond acceptors (Lipinski definition) is 5. The molecule has 3 N–H and O–H groups in total. The number of carbonyl (C=O) groups is 2. The van der Waals surface area contributed by atoms with Crippen LogP contribution in [0, 0.1) is 0 Å². The van der Waals surface area contributed by atoms with E-state index in [1.54, 1.807) is 20.8 Å². The molecule has 0 bridgehead atoms. The van der Waals surface area contributed by atoms with Crippen molar-refractivity contribution in [3.05, 3.63) is 0 Å². The van der Waals surface area contributed by atoms with Crippen molar-refractivity contribution < 1.29 is 14.3 Å². The number of aliphatic imine (C=N–C) groups is 1. The van der Waals surface area contributed by atoms with Crippen molar-refractivity contribution in [2.45, 2.75) is 32.4 Å². The fourth-order valence-corrected chi connectivity index (χ4v) is 2.09. The molecule has 6 nitrogen and oxygen atoms in total. The number of primary amides is 1. The van der Waals surface area contributed by atoms with Crippen molar-refractivity contribution in [1.29, 1.82) is 0 Å². The van der Waals surface area contributed by atoms with Gasteiger partial charge in [-0.3, -0.25) is 9.79 Å². The lowest BCUT2D eigenvalue weighted by Crippen LogP contribution is -2.34. The van der Waals surface area contributed by atoms with Crippen LogP contribution in [0.2, 0.25) is 0 Å². The van der Waals surface area contributed by atoms with Crippen LogP contribution in [0.5, 0.6) is 0 Å². The van der Waals surface area contributed by atoms with Crippen molar-refractivity contribution in [2.24, 2.45) is 10.7 Å². The first-order valence-corrected chi connectivity index (χ1v) is 6.22. The van der Waals surface area contributed by atoms with Crippen molar-refractivity contribution in [3.8, 4) is 0 Å². The van der Waals surface area contributed by atoms with Crippen LogP contribution in [0.1, 0.15) is 20.8 Å². The molecule has 0 radical (unpaired) electrons. The Kier molecular flexibility index (Phi) is 4.39. The van der Waals surface area contributed by atoms with Gasteiger partial charge < -0.3 is 15.8 Å². The minimum Gasteiger partial charge on any atom is -0.444 e. The Labute approximate surface area is 104 Å². The fraction of sp³-hybridized carbons (Fsp3) is 0.700. The van der Waals surface area contributed by atoms with Gasteiger partial charge in [0, 0.05) is 5.75 Å². The van der Waals surface area contributed by atoms with Crippen LogP contribution in [0.15, 0.2) is 4.99 Å². The van der Waals surface area contributed by atoms with E-state index >= 15 is 0 Å². The van der Waals surface area contributed by atoms with Gasteiger partial charge in [-0.1, -0.05) is 0 Å². The van der Waals surface area contributed by atoms with Crippen molar-refractivity contribution in [3.63, 3.8) is 0 Å². The molecule has 0 aliphatic carbocycles. The van der Waals surface area contributed by atoms with Crippen molar-refractivity contribution >= 4 is 28.8 Å². The zero-order valence-electron chi connectivity index (χ0n) is 10.1. The van der Waals surface area contributed by atoms with Crippen LogP contribution in [0.25, 0.3) is 0 Å². The summed E-state index contributed by atoms with van der Waals surface area (Å²) < 4.78 is 5.07. The second-order valence-electron chi connectivity index (χ2n) is 4.61. The quantitative estimate of drug-likeness (QED) is 0.772. The molecule has 2 amide bonds. The Morgan fingerprint density at radius 1 is 1.59 bits per heavy atom. The monoisotopic (exact) mass is 259 g/mol. The first-order valence-electron chi connectivity index (χ1n) is 5.23. The van der Waals surface area contributed by atoms with Gasteiger partial charge in [0.15, 0.2) is 0 Å². The van der Waals surface area contributed by atoms with E-state index < -0.39 is 23.6 Å². The lowest BCUT2D eigenvalue weighted by Gasteiger charge is -2.19. The molecule has 1 atom stereocenters. The van der Waals surface area contributed by atoms with Gasteiger partial charge in [0.05, 0.1) is 11.6 Å². The van der Waals surface area contributed by atoms with E-state index in [-0.39, 0.29) is 6.54 Å². The van der Waals surface area contributed by atoms with Gasteiger partial charge in [-0.25, -0.2) is 4.79 Å². The Hall–Kier alpha value is -1.24. The highest BCUT2D eigenvalue weighted by atomic mass is 32.2. The van der Waals surface area contributed by atoms with Gasteiger partial charge in [0.2, 0.25) is 5.91 Å². The molecule has 0 aromatic heterocycles. The number of carbonyl (C=O) groups excluding carboxylic acids is 2. The van der Waals surface area contributed by atoms with Crippen molar-refractivity contribution in [1.82, 2.24) is 5.32 Å². The van der Waals surface area contributed by atoms with Crippen LogP contribution >= 0.6 is 11.8 Å². The summed E-state index contributed by atoms with van der Waals surface area (Å²) in [6.07, 6.45) is -0.497.